The molecule has 0 aliphatic carbocycles. The van der Waals surface area contributed by atoms with Crippen LogP contribution in [0.25, 0.3) is 0 Å². The molecule has 166 valence electrons. The molecule has 1 aromatic carbocycles. The van der Waals surface area contributed by atoms with Gasteiger partial charge in [-0.15, -0.1) is 0 Å². The van der Waals surface area contributed by atoms with Crippen LogP contribution in [0, 0.1) is 23.4 Å². The van der Waals surface area contributed by atoms with Crippen molar-refractivity contribution in [2.24, 2.45) is 5.92 Å². The van der Waals surface area contributed by atoms with Crippen LogP contribution < -0.4 is 5.32 Å². The van der Waals surface area contributed by atoms with Gasteiger partial charge in [-0.2, -0.15) is 0 Å². The first-order chi connectivity index (χ1) is 14.0. The van der Waals surface area contributed by atoms with Crippen LogP contribution >= 0.6 is 0 Å². The van der Waals surface area contributed by atoms with Gasteiger partial charge in [0.1, 0.15) is 5.82 Å². The zero-order chi connectivity index (χ0) is 22.2. The van der Waals surface area contributed by atoms with Crippen LogP contribution in [0.5, 0.6) is 0 Å². The summed E-state index contributed by atoms with van der Waals surface area (Å²) in [5.41, 5.74) is -1.04. The van der Waals surface area contributed by atoms with Gasteiger partial charge in [0, 0.05) is 49.7 Å². The van der Waals surface area contributed by atoms with E-state index in [-0.39, 0.29) is 30.4 Å². The SMILES string of the molecule is CC(C)(C)N(C(=O)O)[C@@H](CC(=O)N1CC[C@H]2CNC[C@H]21)Cc1cc(F)c(F)cc1F. The van der Waals surface area contributed by atoms with Crippen LogP contribution in [0.1, 0.15) is 39.2 Å². The molecule has 0 unspecified atom stereocenters. The summed E-state index contributed by atoms with van der Waals surface area (Å²) in [7, 11) is 0. The second kappa shape index (κ2) is 8.45. The fourth-order valence-corrected chi connectivity index (χ4v) is 4.70. The lowest BCUT2D eigenvalue weighted by Crippen LogP contribution is -2.54. The number of carboxylic acid groups (broad SMARTS) is 1. The number of rotatable bonds is 5. The summed E-state index contributed by atoms with van der Waals surface area (Å²) in [4.78, 5) is 28.0. The van der Waals surface area contributed by atoms with Gasteiger partial charge < -0.3 is 15.3 Å². The summed E-state index contributed by atoms with van der Waals surface area (Å²) < 4.78 is 41.3. The summed E-state index contributed by atoms with van der Waals surface area (Å²) in [5.74, 6) is -3.32. The molecular weight excluding hydrogens is 399 g/mol. The highest BCUT2D eigenvalue weighted by Gasteiger charge is 2.42. The molecule has 2 saturated heterocycles. The Bertz CT molecular complexity index is 828. The minimum atomic E-state index is -1.31. The Hall–Kier alpha value is -2.29. The van der Waals surface area contributed by atoms with Crippen molar-refractivity contribution in [1.29, 1.82) is 0 Å². The molecule has 0 aromatic heterocycles. The van der Waals surface area contributed by atoms with Crippen LogP contribution in [-0.2, 0) is 11.2 Å². The average molecular weight is 427 g/mol. The lowest BCUT2D eigenvalue weighted by molar-refractivity contribution is -0.133. The summed E-state index contributed by atoms with van der Waals surface area (Å²) >= 11 is 0. The van der Waals surface area contributed by atoms with Gasteiger partial charge >= 0.3 is 6.09 Å². The summed E-state index contributed by atoms with van der Waals surface area (Å²) in [5, 5.41) is 13.1. The third kappa shape index (κ3) is 4.55. The number of hydrogen-bond acceptors (Lipinski definition) is 3. The Balaban J connectivity index is 1.88. The van der Waals surface area contributed by atoms with E-state index in [0.717, 1.165) is 23.9 Å². The lowest BCUT2D eigenvalue weighted by Gasteiger charge is -2.40. The molecule has 2 aliphatic heterocycles. The molecular formula is C21H28F3N3O3. The van der Waals surface area contributed by atoms with Crippen molar-refractivity contribution in [3.8, 4) is 0 Å². The van der Waals surface area contributed by atoms with Crippen LogP contribution in [-0.4, -0.2) is 64.2 Å². The molecule has 6 nitrogen and oxygen atoms in total. The van der Waals surface area contributed by atoms with E-state index in [1.807, 2.05) is 0 Å². The van der Waals surface area contributed by atoms with Gasteiger partial charge in [-0.1, -0.05) is 0 Å². The number of carbonyl (C=O) groups excluding carboxylic acids is 1. The Kier molecular flexibility index (Phi) is 6.31. The molecule has 2 aliphatic rings. The Morgan fingerprint density at radius 3 is 2.50 bits per heavy atom. The fourth-order valence-electron chi connectivity index (χ4n) is 4.70. The molecule has 2 fully saturated rings. The molecule has 0 radical (unpaired) electrons. The minimum Gasteiger partial charge on any atom is -0.465 e. The van der Waals surface area contributed by atoms with E-state index < -0.39 is 35.1 Å². The number of halogens is 3. The molecule has 0 bridgehead atoms. The van der Waals surface area contributed by atoms with E-state index in [4.69, 9.17) is 0 Å². The molecule has 2 heterocycles. The first-order valence-corrected chi connectivity index (χ1v) is 10.1. The molecule has 2 amide bonds. The van der Waals surface area contributed by atoms with Crippen LogP contribution in [0.3, 0.4) is 0 Å². The second-order valence-corrected chi connectivity index (χ2v) is 9.10. The third-order valence-corrected chi connectivity index (χ3v) is 6.01. The highest BCUT2D eigenvalue weighted by Crippen LogP contribution is 2.30. The molecule has 3 rings (SSSR count). The standard InChI is InChI=1S/C21H28F3N3O3/c1-21(2,3)27(20(29)30)14(6-13-7-16(23)17(24)9-15(13)22)8-19(28)26-5-4-12-10-25-11-18(12)26/h7,9,12,14,18,25H,4-6,8,10-11H2,1-3H3,(H,29,30)/t12-,14+,18+/m0/s1. The monoisotopic (exact) mass is 427 g/mol. The maximum absolute atomic E-state index is 14.3. The van der Waals surface area contributed by atoms with E-state index in [1.165, 1.54) is 0 Å². The van der Waals surface area contributed by atoms with Gasteiger partial charge in [-0.3, -0.25) is 9.69 Å². The van der Waals surface area contributed by atoms with E-state index in [2.05, 4.69) is 5.32 Å². The highest BCUT2D eigenvalue weighted by atomic mass is 19.2. The number of hydrogen-bond donors (Lipinski definition) is 2. The average Bonchev–Trinajstić information content (AvgIpc) is 3.21. The van der Waals surface area contributed by atoms with Gasteiger partial charge in [-0.25, -0.2) is 18.0 Å². The zero-order valence-electron chi connectivity index (χ0n) is 17.4. The third-order valence-electron chi connectivity index (χ3n) is 6.01. The van der Waals surface area contributed by atoms with Gasteiger partial charge in [-0.05, 0) is 51.2 Å². The second-order valence-electron chi connectivity index (χ2n) is 9.10. The minimum absolute atomic E-state index is 0.0751. The van der Waals surface area contributed by atoms with E-state index >= 15 is 0 Å². The van der Waals surface area contributed by atoms with E-state index in [1.54, 1.807) is 25.7 Å². The molecule has 2 N–H and O–H groups in total. The normalized spacial score (nSPS) is 22.1. The molecule has 0 saturated carbocycles. The molecule has 3 atom stereocenters. The first-order valence-electron chi connectivity index (χ1n) is 10.1. The van der Waals surface area contributed by atoms with Crippen LogP contribution in [0.4, 0.5) is 18.0 Å². The largest absolute Gasteiger partial charge is 0.465 e. The van der Waals surface area contributed by atoms with Crippen LogP contribution in [0.15, 0.2) is 12.1 Å². The number of likely N-dealkylation sites (tertiary alicyclic amines) is 1. The van der Waals surface area contributed by atoms with Gasteiger partial charge in [0.2, 0.25) is 5.91 Å². The van der Waals surface area contributed by atoms with Crippen molar-refractivity contribution in [3.05, 3.63) is 35.1 Å². The van der Waals surface area contributed by atoms with Crippen molar-refractivity contribution in [3.63, 3.8) is 0 Å². The van der Waals surface area contributed by atoms with Crippen molar-refractivity contribution >= 4 is 12.0 Å². The van der Waals surface area contributed by atoms with Gasteiger partial charge in [0.05, 0.1) is 0 Å². The highest BCUT2D eigenvalue weighted by molar-refractivity contribution is 5.78. The number of fused-ring (bicyclic) bond motifs is 1. The number of carbonyl (C=O) groups is 2. The van der Waals surface area contributed by atoms with Gasteiger partial charge in [0.25, 0.3) is 0 Å². The van der Waals surface area contributed by atoms with E-state index in [0.29, 0.717) is 25.1 Å². The first kappa shape index (κ1) is 22.4. The number of nitrogens with one attached hydrogen (secondary N) is 1. The number of nitrogens with zero attached hydrogens (tertiary/aromatic N) is 2. The predicted molar refractivity (Wildman–Crippen MR) is 105 cm³/mol. The van der Waals surface area contributed by atoms with Crippen molar-refractivity contribution in [2.75, 3.05) is 19.6 Å². The smallest absolute Gasteiger partial charge is 0.408 e. The molecule has 30 heavy (non-hydrogen) atoms. The van der Waals surface area contributed by atoms with Crippen molar-refractivity contribution in [1.82, 2.24) is 15.1 Å². The molecule has 9 heteroatoms. The van der Waals surface area contributed by atoms with Crippen LogP contribution in [0.2, 0.25) is 0 Å². The maximum Gasteiger partial charge on any atom is 0.408 e. The number of benzene rings is 1. The summed E-state index contributed by atoms with van der Waals surface area (Å²) in [6.07, 6.45) is -0.775. The fraction of sp³-hybridized carbons (Fsp3) is 0.619. The number of amides is 2. The van der Waals surface area contributed by atoms with Crippen molar-refractivity contribution in [2.45, 2.75) is 57.7 Å². The Morgan fingerprint density at radius 2 is 1.87 bits per heavy atom. The van der Waals surface area contributed by atoms with Gasteiger partial charge in [0.15, 0.2) is 11.6 Å². The maximum atomic E-state index is 14.3. The predicted octanol–water partition coefficient (Wildman–Crippen LogP) is 3.00. The Labute approximate surface area is 174 Å². The molecule has 0 spiro atoms. The topological polar surface area (TPSA) is 72.9 Å². The quantitative estimate of drug-likeness (QED) is 0.709. The zero-order valence-corrected chi connectivity index (χ0v) is 17.4. The summed E-state index contributed by atoms with van der Waals surface area (Å²) in [6.45, 7) is 7.17. The molecule has 1 aromatic rings. The summed E-state index contributed by atoms with van der Waals surface area (Å²) in [6, 6.07) is 0.326. The van der Waals surface area contributed by atoms with E-state index in [9.17, 15) is 27.9 Å². The lowest BCUT2D eigenvalue weighted by atomic mass is 9.95. The van der Waals surface area contributed by atoms with Crippen molar-refractivity contribution < 1.29 is 27.9 Å². The Morgan fingerprint density at radius 1 is 1.20 bits per heavy atom.